The zero-order chi connectivity index (χ0) is 32.8. The lowest BCUT2D eigenvalue weighted by Gasteiger charge is -2.22. The highest BCUT2D eigenvalue weighted by molar-refractivity contribution is 6.02. The van der Waals surface area contributed by atoms with Crippen molar-refractivity contribution in [2.45, 2.75) is 71.8 Å². The maximum atomic E-state index is 12.8. The molecule has 47 heavy (non-hydrogen) atoms. The zero-order valence-electron chi connectivity index (χ0n) is 26.8. The molecule has 1 aliphatic carbocycles. The lowest BCUT2D eigenvalue weighted by atomic mass is 9.98. The Bertz CT molecular complexity index is 1840. The van der Waals surface area contributed by atoms with Crippen LogP contribution in [0.2, 0.25) is 0 Å². The lowest BCUT2D eigenvalue weighted by molar-refractivity contribution is -0.0284. The van der Waals surface area contributed by atoms with Crippen LogP contribution in [0.4, 0.5) is 4.79 Å². The second kappa shape index (κ2) is 14.4. The third-order valence-electron chi connectivity index (χ3n) is 8.19. The Balaban J connectivity index is 1.25. The van der Waals surface area contributed by atoms with Crippen molar-refractivity contribution in [1.29, 1.82) is 0 Å². The first-order valence-electron chi connectivity index (χ1n) is 16.1. The van der Waals surface area contributed by atoms with Crippen LogP contribution in [0.1, 0.15) is 75.0 Å². The maximum Gasteiger partial charge on any atom is 0.510 e. The molecule has 2 heterocycles. The van der Waals surface area contributed by atoms with Crippen LogP contribution >= 0.6 is 0 Å². The highest BCUT2D eigenvalue weighted by atomic mass is 16.7. The van der Waals surface area contributed by atoms with Crippen molar-refractivity contribution in [2.75, 3.05) is 13.2 Å². The number of fused-ring (bicyclic) bond motifs is 1. The van der Waals surface area contributed by atoms with Gasteiger partial charge in [0.25, 0.3) is 6.01 Å². The molecule has 12 heteroatoms. The van der Waals surface area contributed by atoms with E-state index in [4.69, 9.17) is 18.9 Å². The largest absolute Gasteiger partial charge is 0.510 e. The SMILES string of the molecule is CCOC(=O)c1cccc2nc(OCC)n(Cc3ccc(-c4ccccc4-c4nnnn4C(C)OC(=O)OC4CCCCC4)cc3)c12. The molecule has 1 unspecified atom stereocenters. The summed E-state index contributed by atoms with van der Waals surface area (Å²) in [6.45, 7) is 6.52. The molecule has 0 saturated heterocycles. The van der Waals surface area contributed by atoms with Gasteiger partial charge in [-0.05, 0) is 85.7 Å². The molecule has 12 nitrogen and oxygen atoms in total. The Morgan fingerprint density at radius 1 is 0.915 bits per heavy atom. The zero-order valence-corrected chi connectivity index (χ0v) is 26.8. The van der Waals surface area contributed by atoms with Gasteiger partial charge in [0.05, 0.1) is 36.4 Å². The van der Waals surface area contributed by atoms with Crippen LogP contribution in [0.3, 0.4) is 0 Å². The Kier molecular flexibility index (Phi) is 9.75. The first-order valence-corrected chi connectivity index (χ1v) is 16.1. The van der Waals surface area contributed by atoms with Gasteiger partial charge in [-0.1, -0.05) is 61.0 Å². The van der Waals surface area contributed by atoms with Gasteiger partial charge in [-0.2, -0.15) is 9.67 Å². The molecule has 3 aromatic carbocycles. The second-order valence-electron chi connectivity index (χ2n) is 11.3. The first-order chi connectivity index (χ1) is 23.0. The van der Waals surface area contributed by atoms with Crippen LogP contribution in [0.25, 0.3) is 33.5 Å². The lowest BCUT2D eigenvalue weighted by Crippen LogP contribution is -2.24. The molecule has 0 bridgehead atoms. The van der Waals surface area contributed by atoms with Gasteiger partial charge >= 0.3 is 12.1 Å². The molecule has 6 rings (SSSR count). The van der Waals surface area contributed by atoms with Gasteiger partial charge in [0.2, 0.25) is 0 Å². The van der Waals surface area contributed by atoms with Crippen LogP contribution in [0.15, 0.2) is 66.7 Å². The normalized spacial score (nSPS) is 14.1. The van der Waals surface area contributed by atoms with E-state index in [1.165, 1.54) is 4.68 Å². The van der Waals surface area contributed by atoms with E-state index in [-0.39, 0.29) is 12.7 Å². The Morgan fingerprint density at radius 2 is 1.68 bits per heavy atom. The Hall–Kier alpha value is -5.26. The molecule has 2 aromatic heterocycles. The van der Waals surface area contributed by atoms with Crippen molar-refractivity contribution in [1.82, 2.24) is 29.8 Å². The number of hydrogen-bond donors (Lipinski definition) is 0. The van der Waals surface area contributed by atoms with E-state index in [9.17, 15) is 9.59 Å². The van der Waals surface area contributed by atoms with Crippen molar-refractivity contribution in [2.24, 2.45) is 0 Å². The third-order valence-corrected chi connectivity index (χ3v) is 8.19. The number of hydrogen-bond acceptors (Lipinski definition) is 10. The molecule has 1 atom stereocenters. The topological polar surface area (TPSA) is 132 Å². The molecular weight excluding hydrogens is 600 g/mol. The molecule has 0 amide bonds. The number of aromatic nitrogens is 6. The number of esters is 1. The highest BCUT2D eigenvalue weighted by Crippen LogP contribution is 2.33. The molecule has 0 spiro atoms. The molecule has 1 aliphatic rings. The quantitative estimate of drug-likeness (QED) is 0.140. The van der Waals surface area contributed by atoms with E-state index in [1.807, 2.05) is 66.1 Å². The average molecular weight is 639 g/mol. The van der Waals surface area contributed by atoms with E-state index >= 15 is 0 Å². The second-order valence-corrected chi connectivity index (χ2v) is 11.3. The summed E-state index contributed by atoms with van der Waals surface area (Å²) in [6, 6.07) is 21.7. The summed E-state index contributed by atoms with van der Waals surface area (Å²) in [6.07, 6.45) is 3.35. The fourth-order valence-corrected chi connectivity index (χ4v) is 5.98. The number of carbonyl (C=O) groups excluding carboxylic acids is 2. The standard InChI is InChI=1S/C35H38N6O6/c1-4-44-33(42)29-16-11-17-30-31(29)40(34(36-30)45-5-2)22-24-18-20-25(21-19-24)27-14-9-10-15-28(27)32-37-38-39-41(32)23(3)46-35(43)47-26-12-7-6-8-13-26/h9-11,14-21,23,26H,4-8,12-13,22H2,1-3H3. The van der Waals surface area contributed by atoms with E-state index < -0.39 is 18.4 Å². The summed E-state index contributed by atoms with van der Waals surface area (Å²) in [5.74, 6) is 0.0535. The van der Waals surface area contributed by atoms with Gasteiger partial charge in [0.1, 0.15) is 6.10 Å². The molecule has 1 saturated carbocycles. The fourth-order valence-electron chi connectivity index (χ4n) is 5.98. The van der Waals surface area contributed by atoms with Crippen LogP contribution in [0, 0.1) is 0 Å². The van der Waals surface area contributed by atoms with Crippen LogP contribution in [-0.4, -0.2) is 61.2 Å². The molecule has 1 fully saturated rings. The number of ether oxygens (including phenoxy) is 4. The van der Waals surface area contributed by atoms with Gasteiger partial charge in [0, 0.05) is 5.56 Å². The minimum atomic E-state index is -0.782. The Labute approximate surface area is 272 Å². The van der Waals surface area contributed by atoms with Gasteiger partial charge in [-0.15, -0.1) is 5.10 Å². The molecule has 0 aliphatic heterocycles. The molecule has 5 aromatic rings. The third kappa shape index (κ3) is 6.96. The number of imidazole rings is 1. The molecule has 244 valence electrons. The molecular formula is C35H38N6O6. The number of carbonyl (C=O) groups is 2. The predicted octanol–water partition coefficient (Wildman–Crippen LogP) is 6.98. The van der Waals surface area contributed by atoms with Crippen LogP contribution < -0.4 is 4.74 Å². The van der Waals surface area contributed by atoms with Crippen molar-refractivity contribution in [3.05, 3.63) is 77.9 Å². The van der Waals surface area contributed by atoms with Crippen molar-refractivity contribution in [3.8, 4) is 28.5 Å². The van der Waals surface area contributed by atoms with Crippen molar-refractivity contribution < 1.29 is 28.5 Å². The number of tetrazole rings is 1. The van der Waals surface area contributed by atoms with Crippen molar-refractivity contribution >= 4 is 23.2 Å². The maximum absolute atomic E-state index is 12.8. The number of para-hydroxylation sites is 1. The van der Waals surface area contributed by atoms with Crippen molar-refractivity contribution in [3.63, 3.8) is 0 Å². The van der Waals surface area contributed by atoms with Crippen LogP contribution in [0.5, 0.6) is 6.01 Å². The van der Waals surface area contributed by atoms with E-state index in [0.29, 0.717) is 41.6 Å². The van der Waals surface area contributed by atoms with E-state index in [0.717, 1.165) is 54.4 Å². The summed E-state index contributed by atoms with van der Waals surface area (Å²) in [5, 5.41) is 12.3. The van der Waals surface area contributed by atoms with Gasteiger partial charge in [-0.25, -0.2) is 9.59 Å². The van der Waals surface area contributed by atoms with Crippen LogP contribution in [-0.2, 0) is 20.8 Å². The predicted molar refractivity (Wildman–Crippen MR) is 174 cm³/mol. The summed E-state index contributed by atoms with van der Waals surface area (Å²) >= 11 is 0. The summed E-state index contributed by atoms with van der Waals surface area (Å²) in [4.78, 5) is 30.0. The number of benzene rings is 3. The molecule has 0 N–H and O–H groups in total. The van der Waals surface area contributed by atoms with Gasteiger partial charge < -0.3 is 18.9 Å². The minimum Gasteiger partial charge on any atom is -0.465 e. The highest BCUT2D eigenvalue weighted by Gasteiger charge is 2.24. The number of rotatable bonds is 11. The summed E-state index contributed by atoms with van der Waals surface area (Å²) in [5.41, 5.74) is 5.36. The summed E-state index contributed by atoms with van der Waals surface area (Å²) < 4.78 is 25.7. The van der Waals surface area contributed by atoms with E-state index in [2.05, 4.69) is 20.5 Å². The average Bonchev–Trinajstić information content (AvgIpc) is 3.71. The molecule has 0 radical (unpaired) electrons. The van der Waals surface area contributed by atoms with E-state index in [1.54, 1.807) is 26.0 Å². The Morgan fingerprint density at radius 3 is 2.43 bits per heavy atom. The summed E-state index contributed by atoms with van der Waals surface area (Å²) in [7, 11) is 0. The minimum absolute atomic E-state index is 0.113. The van der Waals surface area contributed by atoms with Gasteiger partial charge in [-0.3, -0.25) is 4.57 Å². The fraction of sp³-hybridized carbons (Fsp3) is 0.371. The monoisotopic (exact) mass is 638 g/mol. The number of nitrogens with zero attached hydrogens (tertiary/aromatic N) is 6. The first kappa shape index (κ1) is 31.7. The smallest absolute Gasteiger partial charge is 0.465 e. The van der Waals surface area contributed by atoms with Gasteiger partial charge in [0.15, 0.2) is 12.1 Å².